The van der Waals surface area contributed by atoms with Gasteiger partial charge in [-0.05, 0) is 53.3 Å². The molecule has 1 heterocycles. The van der Waals surface area contributed by atoms with Crippen LogP contribution in [0.3, 0.4) is 0 Å². The first-order chi connectivity index (χ1) is 22.5. The molecule has 1 aromatic heterocycles. The maximum Gasteiger partial charge on any atom is 0.432 e. The quantitative estimate of drug-likeness (QED) is 0.0762. The van der Waals surface area contributed by atoms with E-state index in [-0.39, 0.29) is 23.3 Å². The molecule has 0 amide bonds. The first-order valence-corrected chi connectivity index (χ1v) is 14.9. The molecule has 0 aliphatic rings. The predicted octanol–water partition coefficient (Wildman–Crippen LogP) is 11.0. The molecule has 0 saturated heterocycles. The van der Waals surface area contributed by atoms with Crippen LogP contribution in [0, 0.1) is 34.9 Å². The van der Waals surface area contributed by atoms with E-state index in [9.17, 15) is 30.7 Å². The van der Waals surface area contributed by atoms with Crippen molar-refractivity contribution in [2.45, 2.75) is 51.6 Å². The van der Waals surface area contributed by atoms with Crippen molar-refractivity contribution in [2.24, 2.45) is 0 Å². The Morgan fingerprint density at radius 3 is 1.74 bits per heavy atom. The third-order valence-corrected chi connectivity index (χ3v) is 7.57. The molecule has 0 aliphatic carbocycles. The van der Waals surface area contributed by atoms with Crippen molar-refractivity contribution < 1.29 is 39.9 Å². The fourth-order valence-electron chi connectivity index (χ4n) is 5.10. The summed E-state index contributed by atoms with van der Waals surface area (Å²) in [4.78, 5) is 8.92. The normalized spacial score (nSPS) is 11.6. The first-order valence-electron chi connectivity index (χ1n) is 14.9. The second-order valence-corrected chi connectivity index (χ2v) is 11.0. The molecule has 47 heavy (non-hydrogen) atoms. The van der Waals surface area contributed by atoms with Gasteiger partial charge in [-0.3, -0.25) is 0 Å². The van der Waals surface area contributed by atoms with Crippen LogP contribution >= 0.6 is 0 Å². The van der Waals surface area contributed by atoms with Gasteiger partial charge in [0.25, 0.3) is 0 Å². The van der Waals surface area contributed by atoms with Crippen LogP contribution in [0.5, 0.6) is 5.75 Å². The Kier molecular flexibility index (Phi) is 10.2. The molecule has 244 valence electrons. The van der Waals surface area contributed by atoms with Gasteiger partial charge in [-0.15, -0.1) is 0 Å². The largest absolute Gasteiger partial charge is 0.432 e. The summed E-state index contributed by atoms with van der Waals surface area (Å²) >= 11 is 0. The Hall–Kier alpha value is -4.80. The molecule has 5 rings (SSSR count). The number of alkyl halides is 2. The molecule has 0 bridgehead atoms. The summed E-state index contributed by atoms with van der Waals surface area (Å²) in [6, 6.07) is 12.1. The van der Waals surface area contributed by atoms with Crippen molar-refractivity contribution >= 4 is 0 Å². The summed E-state index contributed by atoms with van der Waals surface area (Å²) in [6.45, 7) is 2.17. The average molecular weight is 657 g/mol. The third-order valence-electron chi connectivity index (χ3n) is 7.57. The number of rotatable bonds is 12. The SMILES string of the molecule is CCCCCCCc1cnc(-c2ccc(-c3ccc(-c4cc(F)c(C(F)(F)Oc5cc(F)c(F)c(F)c5)c(F)c4)c(F)c3)cc2)nc1. The van der Waals surface area contributed by atoms with Crippen molar-refractivity contribution in [3.8, 4) is 39.4 Å². The zero-order valence-electron chi connectivity index (χ0n) is 25.1. The molecule has 0 spiro atoms. The van der Waals surface area contributed by atoms with Crippen LogP contribution in [0.25, 0.3) is 33.6 Å². The Bertz CT molecular complexity index is 1820. The van der Waals surface area contributed by atoms with Gasteiger partial charge in [0.2, 0.25) is 0 Å². The molecule has 0 radical (unpaired) electrons. The van der Waals surface area contributed by atoms with Crippen molar-refractivity contribution in [1.82, 2.24) is 9.97 Å². The lowest BCUT2D eigenvalue weighted by atomic mass is 9.97. The Morgan fingerprint density at radius 1 is 0.596 bits per heavy atom. The summed E-state index contributed by atoms with van der Waals surface area (Å²) in [5.74, 6) is -10.8. The minimum Gasteiger partial charge on any atom is -0.429 e. The Morgan fingerprint density at radius 2 is 1.15 bits per heavy atom. The molecule has 3 nitrogen and oxygen atoms in total. The zero-order chi connectivity index (χ0) is 33.7. The van der Waals surface area contributed by atoms with Crippen LogP contribution < -0.4 is 4.74 Å². The van der Waals surface area contributed by atoms with Gasteiger partial charge in [-0.25, -0.2) is 36.3 Å². The molecular weight excluding hydrogens is 628 g/mol. The van der Waals surface area contributed by atoms with Crippen LogP contribution in [0.2, 0.25) is 0 Å². The van der Waals surface area contributed by atoms with Crippen LogP contribution in [-0.4, -0.2) is 9.97 Å². The van der Waals surface area contributed by atoms with Crippen molar-refractivity contribution in [2.75, 3.05) is 0 Å². The minimum absolute atomic E-state index is 0.100. The minimum atomic E-state index is -4.76. The average Bonchev–Trinajstić information content (AvgIpc) is 3.03. The number of aromatic nitrogens is 2. The fourth-order valence-corrected chi connectivity index (χ4v) is 5.10. The molecule has 5 aromatic rings. The topological polar surface area (TPSA) is 35.0 Å². The number of benzene rings is 4. The van der Waals surface area contributed by atoms with Crippen LogP contribution in [0.4, 0.5) is 35.1 Å². The van der Waals surface area contributed by atoms with E-state index >= 15 is 4.39 Å². The van der Waals surface area contributed by atoms with E-state index in [0.717, 1.165) is 30.0 Å². The Balaban J connectivity index is 1.30. The summed E-state index contributed by atoms with van der Waals surface area (Å²) in [5.41, 5.74) is 0.327. The second-order valence-electron chi connectivity index (χ2n) is 11.0. The number of unbranched alkanes of at least 4 members (excludes halogenated alkanes) is 4. The van der Waals surface area contributed by atoms with Crippen LogP contribution in [0.15, 0.2) is 79.1 Å². The first kappa shape index (κ1) is 33.6. The monoisotopic (exact) mass is 656 g/mol. The Labute approximate surface area is 265 Å². The summed E-state index contributed by atoms with van der Waals surface area (Å²) in [6.07, 6.45) is 5.66. The number of hydrogen-bond donors (Lipinski definition) is 0. The van der Waals surface area contributed by atoms with Gasteiger partial charge in [0.1, 0.15) is 28.8 Å². The lowest BCUT2D eigenvalue weighted by Gasteiger charge is -2.20. The highest BCUT2D eigenvalue weighted by Gasteiger charge is 2.41. The van der Waals surface area contributed by atoms with Crippen LogP contribution in [-0.2, 0) is 12.5 Å². The van der Waals surface area contributed by atoms with Gasteiger partial charge < -0.3 is 4.74 Å². The highest BCUT2D eigenvalue weighted by molar-refractivity contribution is 5.73. The molecule has 11 heteroatoms. The maximum atomic E-state index is 15.2. The number of ether oxygens (including phenoxy) is 1. The van der Waals surface area contributed by atoms with E-state index in [4.69, 9.17) is 0 Å². The summed E-state index contributed by atoms with van der Waals surface area (Å²) < 4.78 is 118. The molecule has 0 unspecified atom stereocenters. The molecule has 0 N–H and O–H groups in total. The van der Waals surface area contributed by atoms with E-state index in [1.807, 2.05) is 12.4 Å². The van der Waals surface area contributed by atoms with Crippen molar-refractivity contribution in [3.05, 3.63) is 125 Å². The van der Waals surface area contributed by atoms with E-state index in [1.54, 1.807) is 24.3 Å². The van der Waals surface area contributed by atoms with Gasteiger partial charge in [0.05, 0.1) is 0 Å². The van der Waals surface area contributed by atoms with Gasteiger partial charge in [0.15, 0.2) is 23.3 Å². The van der Waals surface area contributed by atoms with E-state index < -0.39 is 52.3 Å². The van der Waals surface area contributed by atoms with Crippen molar-refractivity contribution in [1.29, 1.82) is 0 Å². The zero-order valence-corrected chi connectivity index (χ0v) is 25.1. The van der Waals surface area contributed by atoms with E-state index in [1.165, 1.54) is 37.8 Å². The smallest absolute Gasteiger partial charge is 0.429 e. The van der Waals surface area contributed by atoms with Gasteiger partial charge in [-0.1, -0.05) is 69.0 Å². The highest BCUT2D eigenvalue weighted by Crippen LogP contribution is 2.38. The lowest BCUT2D eigenvalue weighted by Crippen LogP contribution is -2.25. The third kappa shape index (κ3) is 7.78. The van der Waals surface area contributed by atoms with Crippen LogP contribution in [0.1, 0.15) is 50.2 Å². The number of aryl methyl sites for hydroxylation is 1. The standard InChI is InChI=1S/C36H28F8N2O/c1-2-3-4-5-6-7-21-19-45-35(46-20-21)23-10-8-22(9-11-23)24-12-13-27(28(37)14-24)25-15-29(38)33(30(39)16-25)36(43,44)47-26-17-31(40)34(42)32(41)18-26/h8-20H,2-7H2,1H3. The molecule has 0 atom stereocenters. The number of halogens is 8. The number of hydrogen-bond acceptors (Lipinski definition) is 3. The predicted molar refractivity (Wildman–Crippen MR) is 162 cm³/mol. The molecular formula is C36H28F8N2O. The van der Waals surface area contributed by atoms with E-state index in [2.05, 4.69) is 21.6 Å². The molecule has 0 aliphatic heterocycles. The molecule has 0 saturated carbocycles. The molecule has 0 fully saturated rings. The van der Waals surface area contributed by atoms with Gasteiger partial charge in [-0.2, -0.15) is 8.78 Å². The highest BCUT2D eigenvalue weighted by atomic mass is 19.3. The van der Waals surface area contributed by atoms with Crippen molar-refractivity contribution in [3.63, 3.8) is 0 Å². The fraction of sp³-hybridized carbons (Fsp3) is 0.222. The lowest BCUT2D eigenvalue weighted by molar-refractivity contribution is -0.189. The second kappa shape index (κ2) is 14.3. The van der Waals surface area contributed by atoms with Gasteiger partial charge in [0, 0.05) is 35.7 Å². The number of nitrogens with zero attached hydrogens (tertiary/aromatic N) is 2. The van der Waals surface area contributed by atoms with Gasteiger partial charge >= 0.3 is 6.11 Å². The summed E-state index contributed by atoms with van der Waals surface area (Å²) in [7, 11) is 0. The molecule has 4 aromatic carbocycles. The summed E-state index contributed by atoms with van der Waals surface area (Å²) in [5, 5.41) is 0. The maximum absolute atomic E-state index is 15.2. The van der Waals surface area contributed by atoms with E-state index in [0.29, 0.717) is 29.1 Å².